The molecule has 0 aliphatic heterocycles. The predicted molar refractivity (Wildman–Crippen MR) is 55.8 cm³/mol. The van der Waals surface area contributed by atoms with Gasteiger partial charge >= 0.3 is 5.97 Å². The first kappa shape index (κ1) is 13.2. The van der Waals surface area contributed by atoms with E-state index in [-0.39, 0.29) is 12.2 Å². The van der Waals surface area contributed by atoms with Crippen molar-refractivity contribution in [1.29, 1.82) is 0 Å². The summed E-state index contributed by atoms with van der Waals surface area (Å²) in [5.74, 6) is -0.402. The van der Waals surface area contributed by atoms with E-state index in [1.807, 2.05) is 0 Å². The van der Waals surface area contributed by atoms with Crippen LogP contribution in [0.5, 0.6) is 0 Å². The van der Waals surface area contributed by atoms with Crippen LogP contribution in [0.4, 0.5) is 0 Å². The molecule has 0 atom stereocenters. The van der Waals surface area contributed by atoms with Crippen molar-refractivity contribution in [3.63, 3.8) is 0 Å². The lowest BCUT2D eigenvalue weighted by Crippen LogP contribution is -2.13. The molecule has 0 radical (unpaired) electrons. The average Bonchev–Trinajstić information content (AvgIpc) is 2.01. The van der Waals surface area contributed by atoms with E-state index >= 15 is 0 Å². The molecular weight excluding hydrogens is 180 g/mol. The van der Waals surface area contributed by atoms with Crippen LogP contribution in [-0.2, 0) is 14.3 Å². The third-order valence-corrected chi connectivity index (χ3v) is 1.62. The third-order valence-electron chi connectivity index (χ3n) is 1.62. The standard InChI is InChI=1S/C11H20O3/c1-9(2)10(12)14-8-13-7-6-11(3,4)5/h1,6-8H2,2-5H3. The predicted octanol–water partition coefficient (Wildman–Crippen LogP) is 2.52. The molecule has 0 spiro atoms. The van der Waals surface area contributed by atoms with E-state index in [1.54, 1.807) is 6.92 Å². The van der Waals surface area contributed by atoms with Crippen molar-refractivity contribution in [3.05, 3.63) is 12.2 Å². The van der Waals surface area contributed by atoms with Gasteiger partial charge < -0.3 is 9.47 Å². The highest BCUT2D eigenvalue weighted by Gasteiger charge is 2.09. The number of ether oxygens (including phenoxy) is 2. The molecule has 82 valence electrons. The summed E-state index contributed by atoms with van der Waals surface area (Å²) in [6.07, 6.45) is 0.942. The van der Waals surface area contributed by atoms with Crippen LogP contribution < -0.4 is 0 Å². The number of hydrogen-bond acceptors (Lipinski definition) is 3. The number of hydrogen-bond donors (Lipinski definition) is 0. The second kappa shape index (κ2) is 5.81. The molecule has 3 nitrogen and oxygen atoms in total. The second-order valence-electron chi connectivity index (χ2n) is 4.55. The van der Waals surface area contributed by atoms with Crippen molar-refractivity contribution >= 4 is 5.97 Å². The average molecular weight is 200 g/mol. The minimum atomic E-state index is -0.402. The number of rotatable bonds is 5. The fraction of sp³-hybridized carbons (Fsp3) is 0.727. The largest absolute Gasteiger partial charge is 0.435 e. The zero-order valence-electron chi connectivity index (χ0n) is 9.55. The first-order valence-electron chi connectivity index (χ1n) is 4.73. The second-order valence-corrected chi connectivity index (χ2v) is 4.55. The highest BCUT2D eigenvalue weighted by atomic mass is 16.7. The van der Waals surface area contributed by atoms with Gasteiger partial charge in [-0.3, -0.25) is 0 Å². The fourth-order valence-electron chi connectivity index (χ4n) is 0.656. The maximum atomic E-state index is 10.9. The summed E-state index contributed by atoms with van der Waals surface area (Å²) in [5, 5.41) is 0. The Hall–Kier alpha value is -0.830. The molecule has 0 aromatic carbocycles. The van der Waals surface area contributed by atoms with E-state index in [4.69, 9.17) is 9.47 Å². The maximum Gasteiger partial charge on any atom is 0.335 e. The van der Waals surface area contributed by atoms with Gasteiger partial charge in [-0.05, 0) is 18.8 Å². The van der Waals surface area contributed by atoms with Crippen LogP contribution in [0.3, 0.4) is 0 Å². The van der Waals surface area contributed by atoms with E-state index in [2.05, 4.69) is 27.4 Å². The minimum absolute atomic E-state index is 0.0156. The topological polar surface area (TPSA) is 35.5 Å². The molecule has 0 saturated carbocycles. The highest BCUT2D eigenvalue weighted by Crippen LogP contribution is 2.17. The van der Waals surface area contributed by atoms with Crippen LogP contribution in [0.2, 0.25) is 0 Å². The van der Waals surface area contributed by atoms with Crippen molar-refractivity contribution in [3.8, 4) is 0 Å². The zero-order valence-corrected chi connectivity index (χ0v) is 9.55. The van der Waals surface area contributed by atoms with Crippen molar-refractivity contribution in [2.75, 3.05) is 13.4 Å². The molecule has 0 aromatic heterocycles. The van der Waals surface area contributed by atoms with Gasteiger partial charge in [0.2, 0.25) is 0 Å². The van der Waals surface area contributed by atoms with E-state index in [0.717, 1.165) is 6.42 Å². The molecule has 0 saturated heterocycles. The smallest absolute Gasteiger partial charge is 0.335 e. The molecule has 0 amide bonds. The molecule has 0 heterocycles. The fourth-order valence-corrected chi connectivity index (χ4v) is 0.656. The van der Waals surface area contributed by atoms with Crippen LogP contribution in [-0.4, -0.2) is 19.4 Å². The Kier molecular flexibility index (Phi) is 5.46. The molecule has 0 aliphatic carbocycles. The molecule has 0 unspecified atom stereocenters. The van der Waals surface area contributed by atoms with Gasteiger partial charge in [-0.25, -0.2) is 4.79 Å². The van der Waals surface area contributed by atoms with Gasteiger partial charge in [0.1, 0.15) is 0 Å². The van der Waals surface area contributed by atoms with Gasteiger partial charge in [-0.1, -0.05) is 27.4 Å². The van der Waals surface area contributed by atoms with Crippen molar-refractivity contribution in [2.45, 2.75) is 34.1 Å². The summed E-state index contributed by atoms with van der Waals surface area (Å²) in [6.45, 7) is 12.1. The number of esters is 1. The molecule has 0 aliphatic rings. The summed E-state index contributed by atoms with van der Waals surface area (Å²) >= 11 is 0. The lowest BCUT2D eigenvalue weighted by atomic mass is 9.93. The van der Waals surface area contributed by atoms with E-state index in [0.29, 0.717) is 12.2 Å². The van der Waals surface area contributed by atoms with Gasteiger partial charge in [0.05, 0.1) is 6.61 Å². The first-order valence-corrected chi connectivity index (χ1v) is 4.73. The Bertz CT molecular complexity index is 201. The van der Waals surface area contributed by atoms with Crippen LogP contribution in [0.1, 0.15) is 34.1 Å². The SMILES string of the molecule is C=C(C)C(=O)OCOCCC(C)(C)C. The van der Waals surface area contributed by atoms with Gasteiger partial charge in [-0.15, -0.1) is 0 Å². The normalized spacial score (nSPS) is 11.1. The van der Waals surface area contributed by atoms with E-state index in [1.165, 1.54) is 0 Å². The third kappa shape index (κ3) is 7.80. The highest BCUT2D eigenvalue weighted by molar-refractivity contribution is 5.86. The van der Waals surface area contributed by atoms with E-state index < -0.39 is 5.97 Å². The Labute approximate surface area is 86.1 Å². The number of carbonyl (C=O) groups excluding carboxylic acids is 1. The Balaban J connectivity index is 3.39. The quantitative estimate of drug-likeness (QED) is 0.296. The van der Waals surface area contributed by atoms with Gasteiger partial charge in [-0.2, -0.15) is 0 Å². The van der Waals surface area contributed by atoms with Crippen molar-refractivity contribution in [1.82, 2.24) is 0 Å². The Morgan fingerprint density at radius 3 is 2.36 bits per heavy atom. The molecule has 0 bridgehead atoms. The zero-order chi connectivity index (χ0) is 11.2. The van der Waals surface area contributed by atoms with Crippen molar-refractivity contribution in [2.24, 2.45) is 5.41 Å². The summed E-state index contributed by atoms with van der Waals surface area (Å²) in [5.41, 5.74) is 0.641. The molecule has 3 heteroatoms. The molecule has 0 N–H and O–H groups in total. The lowest BCUT2D eigenvalue weighted by molar-refractivity contribution is -0.151. The summed E-state index contributed by atoms with van der Waals surface area (Å²) in [4.78, 5) is 10.9. The van der Waals surface area contributed by atoms with Crippen LogP contribution in [0, 0.1) is 5.41 Å². The van der Waals surface area contributed by atoms with E-state index in [9.17, 15) is 4.79 Å². The van der Waals surface area contributed by atoms with Crippen LogP contribution in [0.25, 0.3) is 0 Å². The Morgan fingerprint density at radius 2 is 1.93 bits per heavy atom. The van der Waals surface area contributed by atoms with Gasteiger partial charge in [0, 0.05) is 5.57 Å². The summed E-state index contributed by atoms with van der Waals surface area (Å²) in [6, 6.07) is 0. The van der Waals surface area contributed by atoms with Crippen molar-refractivity contribution < 1.29 is 14.3 Å². The molecule has 0 rings (SSSR count). The maximum absolute atomic E-state index is 10.9. The molecule has 0 fully saturated rings. The molecule has 0 aromatic rings. The summed E-state index contributed by atoms with van der Waals surface area (Å²) in [7, 11) is 0. The van der Waals surface area contributed by atoms with Crippen LogP contribution >= 0.6 is 0 Å². The lowest BCUT2D eigenvalue weighted by Gasteiger charge is -2.17. The van der Waals surface area contributed by atoms with Crippen LogP contribution in [0.15, 0.2) is 12.2 Å². The minimum Gasteiger partial charge on any atom is -0.435 e. The monoisotopic (exact) mass is 200 g/mol. The molecular formula is C11H20O3. The van der Waals surface area contributed by atoms with Gasteiger partial charge in [0.25, 0.3) is 0 Å². The summed E-state index contributed by atoms with van der Waals surface area (Å²) < 4.78 is 9.90. The first-order chi connectivity index (χ1) is 6.33. The number of carbonyl (C=O) groups is 1. The van der Waals surface area contributed by atoms with Gasteiger partial charge in [0.15, 0.2) is 6.79 Å². The Morgan fingerprint density at radius 1 is 1.36 bits per heavy atom. The molecule has 14 heavy (non-hydrogen) atoms.